The minimum atomic E-state index is -0.876. The van der Waals surface area contributed by atoms with E-state index in [-0.39, 0.29) is 12.4 Å². The number of unbranched alkanes of at least 4 members (excludes halogenated alkanes) is 25. The average molecular weight is 553 g/mol. The van der Waals surface area contributed by atoms with Crippen molar-refractivity contribution in [2.24, 2.45) is 0 Å². The lowest BCUT2D eigenvalue weighted by molar-refractivity contribution is -0.153. The Hall–Kier alpha value is -1.06. The third-order valence-electron chi connectivity index (χ3n) is 8.06. The van der Waals surface area contributed by atoms with Crippen molar-refractivity contribution in [3.63, 3.8) is 0 Å². The minimum absolute atomic E-state index is 0.0667. The molecule has 4 heteroatoms. The van der Waals surface area contributed by atoms with Gasteiger partial charge in [-0.25, -0.2) is 0 Å². The van der Waals surface area contributed by atoms with Gasteiger partial charge in [-0.3, -0.25) is 9.59 Å². The molecule has 232 valence electrons. The smallest absolute Gasteiger partial charge is 0.307 e. The zero-order chi connectivity index (χ0) is 28.7. The molecule has 0 aliphatic carbocycles. The van der Waals surface area contributed by atoms with Crippen LogP contribution in [0.3, 0.4) is 0 Å². The highest BCUT2D eigenvalue weighted by Gasteiger charge is 2.17. The highest BCUT2D eigenvalue weighted by Crippen LogP contribution is 2.17. The number of carbonyl (C=O) groups is 2. The summed E-state index contributed by atoms with van der Waals surface area (Å²) in [5.41, 5.74) is 0. The highest BCUT2D eigenvalue weighted by molar-refractivity contribution is 5.71. The standard InChI is InChI=1S/C35H68O4/c1-3-5-7-9-11-13-15-17-19-21-23-25-27-29-31-35(38)39-33(32-34(36)37)30-28-26-24-22-20-18-16-14-12-10-8-6-4-2/h33H,3-32H2,1-2H3,(H,36,37). The van der Waals surface area contributed by atoms with Crippen molar-refractivity contribution in [3.8, 4) is 0 Å². The van der Waals surface area contributed by atoms with E-state index in [0.29, 0.717) is 12.8 Å². The molecule has 1 unspecified atom stereocenters. The monoisotopic (exact) mass is 553 g/mol. The summed E-state index contributed by atoms with van der Waals surface area (Å²) >= 11 is 0. The third-order valence-corrected chi connectivity index (χ3v) is 8.06. The molecule has 0 aliphatic heterocycles. The summed E-state index contributed by atoms with van der Waals surface area (Å²) in [5, 5.41) is 9.22. The van der Waals surface area contributed by atoms with Gasteiger partial charge in [0.05, 0.1) is 6.42 Å². The molecule has 0 saturated heterocycles. The van der Waals surface area contributed by atoms with Crippen molar-refractivity contribution in [2.45, 2.75) is 213 Å². The highest BCUT2D eigenvalue weighted by atomic mass is 16.5. The van der Waals surface area contributed by atoms with Crippen LogP contribution in [0.1, 0.15) is 206 Å². The van der Waals surface area contributed by atoms with E-state index >= 15 is 0 Å². The van der Waals surface area contributed by atoms with Crippen LogP contribution in [0.4, 0.5) is 0 Å². The molecule has 0 amide bonds. The molecule has 0 aliphatic rings. The van der Waals surface area contributed by atoms with E-state index in [1.165, 1.54) is 148 Å². The molecule has 0 heterocycles. The van der Waals surface area contributed by atoms with Gasteiger partial charge in [0, 0.05) is 6.42 Å². The Morgan fingerprint density at radius 2 is 0.795 bits per heavy atom. The van der Waals surface area contributed by atoms with Gasteiger partial charge in [-0.1, -0.05) is 174 Å². The molecule has 0 radical (unpaired) electrons. The Balaban J connectivity index is 3.63. The Bertz CT molecular complexity index is 519. The first-order chi connectivity index (χ1) is 19.1. The molecule has 0 spiro atoms. The van der Waals surface area contributed by atoms with Crippen molar-refractivity contribution in [1.82, 2.24) is 0 Å². The zero-order valence-corrected chi connectivity index (χ0v) is 26.5. The van der Waals surface area contributed by atoms with Crippen LogP contribution >= 0.6 is 0 Å². The number of esters is 1. The Morgan fingerprint density at radius 3 is 1.13 bits per heavy atom. The van der Waals surface area contributed by atoms with Gasteiger partial charge in [0.1, 0.15) is 6.10 Å². The second-order valence-electron chi connectivity index (χ2n) is 12.1. The van der Waals surface area contributed by atoms with Crippen LogP contribution in [0.5, 0.6) is 0 Å². The molecular weight excluding hydrogens is 484 g/mol. The SMILES string of the molecule is CCCCCCCCCCCCCCCCC(=O)OC(CCCCCCCCCCCCCCC)CC(=O)O. The summed E-state index contributed by atoms with van der Waals surface area (Å²) in [7, 11) is 0. The van der Waals surface area contributed by atoms with E-state index in [4.69, 9.17) is 4.74 Å². The molecule has 39 heavy (non-hydrogen) atoms. The fraction of sp³-hybridized carbons (Fsp3) is 0.943. The number of carboxylic acid groups (broad SMARTS) is 1. The Kier molecular flexibility index (Phi) is 30.6. The van der Waals surface area contributed by atoms with Gasteiger partial charge in [-0.05, 0) is 19.3 Å². The molecule has 0 aromatic carbocycles. The zero-order valence-electron chi connectivity index (χ0n) is 26.5. The molecule has 0 aromatic rings. The Morgan fingerprint density at radius 1 is 0.487 bits per heavy atom. The fourth-order valence-corrected chi connectivity index (χ4v) is 5.50. The van der Waals surface area contributed by atoms with Crippen molar-refractivity contribution in [1.29, 1.82) is 0 Å². The number of hydrogen-bond acceptors (Lipinski definition) is 3. The van der Waals surface area contributed by atoms with E-state index in [9.17, 15) is 14.7 Å². The van der Waals surface area contributed by atoms with Gasteiger partial charge in [0.2, 0.25) is 0 Å². The first kappa shape index (κ1) is 37.9. The van der Waals surface area contributed by atoms with E-state index < -0.39 is 12.1 Å². The first-order valence-corrected chi connectivity index (χ1v) is 17.5. The lowest BCUT2D eigenvalue weighted by Crippen LogP contribution is -2.21. The third kappa shape index (κ3) is 31.3. The lowest BCUT2D eigenvalue weighted by atomic mass is 10.0. The molecule has 0 rings (SSSR count). The number of carboxylic acids is 1. The quantitative estimate of drug-likeness (QED) is 0.0665. The van der Waals surface area contributed by atoms with Crippen LogP contribution in [0, 0.1) is 0 Å². The minimum Gasteiger partial charge on any atom is -0.481 e. The maximum absolute atomic E-state index is 12.3. The van der Waals surface area contributed by atoms with Gasteiger partial charge in [0.15, 0.2) is 0 Å². The van der Waals surface area contributed by atoms with E-state index in [2.05, 4.69) is 13.8 Å². The van der Waals surface area contributed by atoms with Crippen molar-refractivity contribution < 1.29 is 19.4 Å². The second-order valence-corrected chi connectivity index (χ2v) is 12.1. The summed E-state index contributed by atoms with van der Waals surface area (Å²) in [6.45, 7) is 4.53. The average Bonchev–Trinajstić information content (AvgIpc) is 2.91. The van der Waals surface area contributed by atoms with Gasteiger partial charge in [-0.15, -0.1) is 0 Å². The molecule has 1 N–H and O–H groups in total. The molecule has 1 atom stereocenters. The number of rotatable bonds is 32. The molecule has 4 nitrogen and oxygen atoms in total. The van der Waals surface area contributed by atoms with Gasteiger partial charge in [0.25, 0.3) is 0 Å². The maximum Gasteiger partial charge on any atom is 0.307 e. The summed E-state index contributed by atoms with van der Waals surface area (Å²) in [6.07, 6.45) is 35.4. The predicted molar refractivity (Wildman–Crippen MR) is 167 cm³/mol. The molecule has 0 saturated carbocycles. The molecule has 0 fully saturated rings. The van der Waals surface area contributed by atoms with E-state index in [0.717, 1.165) is 25.7 Å². The summed E-state index contributed by atoms with van der Waals surface area (Å²) in [6, 6.07) is 0. The molecule has 0 aromatic heterocycles. The summed E-state index contributed by atoms with van der Waals surface area (Å²) in [5.74, 6) is -1.09. The van der Waals surface area contributed by atoms with Crippen LogP contribution in [0.15, 0.2) is 0 Å². The predicted octanol–water partition coefficient (Wildman–Crippen LogP) is 11.7. The first-order valence-electron chi connectivity index (χ1n) is 17.5. The largest absolute Gasteiger partial charge is 0.481 e. The lowest BCUT2D eigenvalue weighted by Gasteiger charge is -2.16. The van der Waals surface area contributed by atoms with E-state index in [1.54, 1.807) is 0 Å². The number of hydrogen-bond donors (Lipinski definition) is 1. The Labute approximate surface area is 243 Å². The van der Waals surface area contributed by atoms with Crippen LogP contribution in [0.25, 0.3) is 0 Å². The van der Waals surface area contributed by atoms with Crippen molar-refractivity contribution >= 4 is 11.9 Å². The second kappa shape index (κ2) is 31.5. The van der Waals surface area contributed by atoms with Crippen LogP contribution in [0.2, 0.25) is 0 Å². The normalized spacial score (nSPS) is 12.1. The summed E-state index contributed by atoms with van der Waals surface area (Å²) < 4.78 is 5.56. The van der Waals surface area contributed by atoms with Gasteiger partial charge >= 0.3 is 11.9 Å². The molecular formula is C35H68O4. The number of ether oxygens (including phenoxy) is 1. The fourth-order valence-electron chi connectivity index (χ4n) is 5.50. The van der Waals surface area contributed by atoms with Gasteiger partial charge < -0.3 is 9.84 Å². The number of carbonyl (C=O) groups excluding carboxylic acids is 1. The number of aliphatic carboxylic acids is 1. The van der Waals surface area contributed by atoms with Crippen LogP contribution in [-0.4, -0.2) is 23.1 Å². The van der Waals surface area contributed by atoms with E-state index in [1.807, 2.05) is 0 Å². The topological polar surface area (TPSA) is 63.6 Å². The van der Waals surface area contributed by atoms with Crippen LogP contribution in [-0.2, 0) is 14.3 Å². The van der Waals surface area contributed by atoms with Gasteiger partial charge in [-0.2, -0.15) is 0 Å². The van der Waals surface area contributed by atoms with Crippen molar-refractivity contribution in [3.05, 3.63) is 0 Å². The molecule has 0 bridgehead atoms. The summed E-state index contributed by atoms with van der Waals surface area (Å²) in [4.78, 5) is 23.5. The van der Waals surface area contributed by atoms with Crippen molar-refractivity contribution in [2.75, 3.05) is 0 Å². The van der Waals surface area contributed by atoms with Crippen LogP contribution < -0.4 is 0 Å². The maximum atomic E-state index is 12.3.